The van der Waals surface area contributed by atoms with Gasteiger partial charge in [0.25, 0.3) is 0 Å². The monoisotopic (exact) mass is 274 g/mol. The lowest BCUT2D eigenvalue weighted by molar-refractivity contribution is -0.123. The minimum atomic E-state index is -0.00283. The first kappa shape index (κ1) is 14.6. The second kappa shape index (κ2) is 5.27. The fourth-order valence-electron chi connectivity index (χ4n) is 2.38. The molecule has 0 saturated carbocycles. The van der Waals surface area contributed by atoms with Crippen LogP contribution in [-0.2, 0) is 22.6 Å². The van der Waals surface area contributed by atoms with Crippen molar-refractivity contribution in [1.82, 2.24) is 5.32 Å². The number of nitrogens with zero attached hydrogens (tertiary/aromatic N) is 1. The number of hydrogen-bond donors (Lipinski definition) is 1. The molecule has 1 aliphatic heterocycles. The molecule has 0 aliphatic carbocycles. The van der Waals surface area contributed by atoms with Crippen LogP contribution in [-0.4, -0.2) is 18.9 Å². The van der Waals surface area contributed by atoms with E-state index in [9.17, 15) is 9.59 Å². The molecule has 0 bridgehead atoms. The number of anilines is 1. The van der Waals surface area contributed by atoms with Gasteiger partial charge >= 0.3 is 0 Å². The van der Waals surface area contributed by atoms with Gasteiger partial charge in [-0.2, -0.15) is 0 Å². The van der Waals surface area contributed by atoms with E-state index < -0.39 is 0 Å². The summed E-state index contributed by atoms with van der Waals surface area (Å²) in [6.45, 7) is 6.65. The average Bonchev–Trinajstić information content (AvgIpc) is 2.60. The van der Waals surface area contributed by atoms with Crippen molar-refractivity contribution in [3.8, 4) is 0 Å². The van der Waals surface area contributed by atoms with Gasteiger partial charge in [0.15, 0.2) is 0 Å². The van der Waals surface area contributed by atoms with E-state index in [0.717, 1.165) is 16.8 Å². The Hall–Kier alpha value is -1.84. The minimum Gasteiger partial charge on any atom is -0.352 e. The molecule has 2 amide bonds. The fraction of sp³-hybridized carbons (Fsp3) is 0.500. The van der Waals surface area contributed by atoms with Gasteiger partial charge in [-0.3, -0.25) is 9.59 Å². The molecule has 0 fully saturated rings. The molecule has 0 radical (unpaired) electrons. The summed E-state index contributed by atoms with van der Waals surface area (Å²) in [5.74, 6) is 0.181. The van der Waals surface area contributed by atoms with Crippen LogP contribution in [0.4, 0.5) is 5.69 Å². The van der Waals surface area contributed by atoms with Crippen molar-refractivity contribution in [3.63, 3.8) is 0 Å². The van der Waals surface area contributed by atoms with Gasteiger partial charge in [0.1, 0.15) is 0 Å². The molecule has 4 nitrogen and oxygen atoms in total. The van der Waals surface area contributed by atoms with Gasteiger partial charge in [-0.15, -0.1) is 0 Å². The highest BCUT2D eigenvalue weighted by atomic mass is 16.2. The number of rotatable bonds is 3. The van der Waals surface area contributed by atoms with Gasteiger partial charge in [0.2, 0.25) is 11.8 Å². The summed E-state index contributed by atoms with van der Waals surface area (Å²) in [6.07, 6.45) is 0.967. The topological polar surface area (TPSA) is 49.4 Å². The molecule has 0 aromatic heterocycles. The first-order valence-electron chi connectivity index (χ1n) is 6.91. The van der Waals surface area contributed by atoms with Crippen molar-refractivity contribution in [2.45, 2.75) is 40.2 Å². The first-order chi connectivity index (χ1) is 9.26. The highest BCUT2D eigenvalue weighted by molar-refractivity contribution is 6.00. The van der Waals surface area contributed by atoms with Crippen LogP contribution in [0.25, 0.3) is 0 Å². The minimum absolute atomic E-state index is 0.00283. The Balaban J connectivity index is 1.97. The predicted octanol–water partition coefficient (Wildman–Crippen LogP) is 2.26. The number of hydrogen-bond acceptors (Lipinski definition) is 2. The van der Waals surface area contributed by atoms with Crippen LogP contribution in [0.15, 0.2) is 18.2 Å². The molecule has 1 aliphatic rings. The molecule has 1 N–H and O–H groups in total. The van der Waals surface area contributed by atoms with Crippen LogP contribution in [0.2, 0.25) is 0 Å². The normalized spacial score (nSPS) is 14.4. The third-order valence-corrected chi connectivity index (χ3v) is 3.40. The van der Waals surface area contributed by atoms with E-state index in [2.05, 4.69) is 5.32 Å². The molecular formula is C16H22N2O2. The van der Waals surface area contributed by atoms with E-state index in [1.807, 2.05) is 39.0 Å². The van der Waals surface area contributed by atoms with Crippen molar-refractivity contribution >= 4 is 17.5 Å². The van der Waals surface area contributed by atoms with Gasteiger partial charge in [0.05, 0.1) is 6.42 Å². The number of benzene rings is 1. The van der Waals surface area contributed by atoms with Crippen LogP contribution in [0.3, 0.4) is 0 Å². The van der Waals surface area contributed by atoms with Crippen molar-refractivity contribution in [2.75, 3.05) is 11.9 Å². The van der Waals surface area contributed by atoms with E-state index in [0.29, 0.717) is 19.4 Å². The summed E-state index contributed by atoms with van der Waals surface area (Å²) in [7, 11) is 1.79. The Labute approximate surface area is 120 Å². The second-order valence-electron chi connectivity index (χ2n) is 6.61. The Bertz CT molecular complexity index is 544. The maximum atomic E-state index is 11.8. The fourth-order valence-corrected chi connectivity index (χ4v) is 2.38. The molecule has 0 atom stereocenters. The molecular weight excluding hydrogens is 252 g/mol. The molecule has 20 heavy (non-hydrogen) atoms. The number of fused-ring (bicyclic) bond motifs is 1. The third-order valence-electron chi connectivity index (χ3n) is 3.40. The molecule has 0 unspecified atom stereocenters. The zero-order valence-electron chi connectivity index (χ0n) is 12.6. The highest BCUT2D eigenvalue weighted by Gasteiger charge is 2.23. The largest absolute Gasteiger partial charge is 0.352 e. The van der Waals surface area contributed by atoms with Gasteiger partial charge in [0, 0.05) is 25.7 Å². The van der Waals surface area contributed by atoms with E-state index in [4.69, 9.17) is 0 Å². The second-order valence-corrected chi connectivity index (χ2v) is 6.61. The smallest absolute Gasteiger partial charge is 0.231 e. The summed E-state index contributed by atoms with van der Waals surface area (Å²) in [4.78, 5) is 25.1. The Morgan fingerprint density at radius 2 is 2.05 bits per heavy atom. The molecule has 108 valence electrons. The number of carbonyl (C=O) groups excluding carboxylic acids is 2. The molecule has 4 heteroatoms. The molecule has 1 heterocycles. The highest BCUT2D eigenvalue weighted by Crippen LogP contribution is 2.28. The van der Waals surface area contributed by atoms with Crippen LogP contribution in [0.1, 0.15) is 38.3 Å². The summed E-state index contributed by atoms with van der Waals surface area (Å²) >= 11 is 0. The van der Waals surface area contributed by atoms with Crippen LogP contribution < -0.4 is 10.2 Å². The number of carbonyl (C=O) groups is 2. The SMILES string of the molecule is CN1C(=O)Cc2cc(CNC(=O)CC(C)(C)C)ccc21. The molecule has 0 spiro atoms. The summed E-state index contributed by atoms with van der Waals surface area (Å²) < 4.78 is 0. The van der Waals surface area contributed by atoms with E-state index in [1.165, 1.54) is 0 Å². The van der Waals surface area contributed by atoms with Crippen molar-refractivity contribution < 1.29 is 9.59 Å². The van der Waals surface area contributed by atoms with Crippen molar-refractivity contribution in [1.29, 1.82) is 0 Å². The van der Waals surface area contributed by atoms with Gasteiger partial charge < -0.3 is 10.2 Å². The summed E-state index contributed by atoms with van der Waals surface area (Å²) in [6, 6.07) is 5.92. The van der Waals surface area contributed by atoms with Crippen LogP contribution in [0.5, 0.6) is 0 Å². The Kier molecular flexibility index (Phi) is 3.84. The van der Waals surface area contributed by atoms with Gasteiger partial charge in [-0.05, 0) is 22.6 Å². The zero-order chi connectivity index (χ0) is 14.9. The predicted molar refractivity (Wildman–Crippen MR) is 79.5 cm³/mol. The van der Waals surface area contributed by atoms with Crippen molar-refractivity contribution in [2.24, 2.45) is 5.41 Å². The lowest BCUT2D eigenvalue weighted by atomic mass is 9.92. The molecule has 0 saturated heterocycles. The van der Waals surface area contributed by atoms with E-state index in [1.54, 1.807) is 11.9 Å². The third kappa shape index (κ3) is 3.38. The van der Waals surface area contributed by atoms with Gasteiger partial charge in [-0.25, -0.2) is 0 Å². The lowest BCUT2D eigenvalue weighted by Gasteiger charge is -2.17. The zero-order valence-corrected chi connectivity index (χ0v) is 12.6. The van der Waals surface area contributed by atoms with Crippen LogP contribution >= 0.6 is 0 Å². The maximum Gasteiger partial charge on any atom is 0.231 e. The standard InChI is InChI=1S/C16H22N2O2/c1-16(2,3)9-14(19)17-10-11-5-6-13-12(7-11)8-15(20)18(13)4/h5-7H,8-10H2,1-4H3,(H,17,19). The average molecular weight is 274 g/mol. The lowest BCUT2D eigenvalue weighted by Crippen LogP contribution is -2.27. The van der Waals surface area contributed by atoms with E-state index >= 15 is 0 Å². The number of likely N-dealkylation sites (N-methyl/N-ethyl adjacent to an activating group) is 1. The van der Waals surface area contributed by atoms with Gasteiger partial charge in [-0.1, -0.05) is 32.9 Å². The number of amides is 2. The number of nitrogens with one attached hydrogen (secondary N) is 1. The van der Waals surface area contributed by atoms with E-state index in [-0.39, 0.29) is 17.2 Å². The molecule has 1 aromatic rings. The Morgan fingerprint density at radius 3 is 2.70 bits per heavy atom. The summed E-state index contributed by atoms with van der Waals surface area (Å²) in [5.41, 5.74) is 3.05. The quantitative estimate of drug-likeness (QED) is 0.919. The molecule has 1 aromatic carbocycles. The molecule has 2 rings (SSSR count). The summed E-state index contributed by atoms with van der Waals surface area (Å²) in [5, 5.41) is 2.93. The van der Waals surface area contributed by atoms with Crippen LogP contribution in [0, 0.1) is 5.41 Å². The first-order valence-corrected chi connectivity index (χ1v) is 6.91. The maximum absolute atomic E-state index is 11.8. The van der Waals surface area contributed by atoms with Crippen molar-refractivity contribution in [3.05, 3.63) is 29.3 Å². The Morgan fingerprint density at radius 1 is 1.35 bits per heavy atom.